The SMILES string of the molecule is Cc1nc(CNc2c(Br)cc(Br)cc2Br)cs1. The molecule has 1 N–H and O–H groups in total. The zero-order chi connectivity index (χ0) is 12.4. The van der Waals surface area contributed by atoms with E-state index < -0.39 is 0 Å². The Bertz CT molecular complexity index is 516. The molecule has 1 aromatic carbocycles. The van der Waals surface area contributed by atoms with Gasteiger partial charge in [-0.1, -0.05) is 15.9 Å². The number of rotatable bonds is 3. The molecule has 0 spiro atoms. The molecule has 1 aromatic heterocycles. The fourth-order valence-electron chi connectivity index (χ4n) is 1.38. The van der Waals surface area contributed by atoms with E-state index in [0.717, 1.165) is 36.4 Å². The Morgan fingerprint density at radius 2 is 1.88 bits per heavy atom. The number of halogens is 3. The number of benzene rings is 1. The quantitative estimate of drug-likeness (QED) is 0.695. The van der Waals surface area contributed by atoms with E-state index in [2.05, 4.69) is 63.5 Å². The third kappa shape index (κ3) is 3.53. The summed E-state index contributed by atoms with van der Waals surface area (Å²) in [6.45, 7) is 2.74. The summed E-state index contributed by atoms with van der Waals surface area (Å²) in [7, 11) is 0. The second kappa shape index (κ2) is 5.82. The Kier molecular flexibility index (Phi) is 4.63. The first-order valence-corrected chi connectivity index (χ1v) is 8.11. The van der Waals surface area contributed by atoms with Crippen molar-refractivity contribution in [2.45, 2.75) is 13.5 Å². The van der Waals surface area contributed by atoms with E-state index >= 15 is 0 Å². The predicted octanol–water partition coefficient (Wildman–Crippen LogP) is 5.35. The summed E-state index contributed by atoms with van der Waals surface area (Å²) >= 11 is 12.2. The first kappa shape index (κ1) is 13.5. The third-order valence-electron chi connectivity index (χ3n) is 2.12. The first-order valence-electron chi connectivity index (χ1n) is 4.85. The van der Waals surface area contributed by atoms with Crippen LogP contribution in [0.15, 0.2) is 30.9 Å². The highest BCUT2D eigenvalue weighted by molar-refractivity contribution is 9.11. The van der Waals surface area contributed by atoms with Gasteiger partial charge in [-0.05, 0) is 50.9 Å². The predicted molar refractivity (Wildman–Crippen MR) is 83.7 cm³/mol. The zero-order valence-corrected chi connectivity index (χ0v) is 14.5. The van der Waals surface area contributed by atoms with Crippen molar-refractivity contribution in [1.29, 1.82) is 0 Å². The fraction of sp³-hybridized carbons (Fsp3) is 0.182. The molecule has 0 atom stereocenters. The van der Waals surface area contributed by atoms with Crippen LogP contribution in [0, 0.1) is 6.92 Å². The van der Waals surface area contributed by atoms with Gasteiger partial charge in [0.1, 0.15) is 0 Å². The van der Waals surface area contributed by atoms with E-state index in [-0.39, 0.29) is 0 Å². The second-order valence-electron chi connectivity index (χ2n) is 3.46. The van der Waals surface area contributed by atoms with Crippen LogP contribution < -0.4 is 5.32 Å². The van der Waals surface area contributed by atoms with Gasteiger partial charge in [0.05, 0.1) is 22.9 Å². The van der Waals surface area contributed by atoms with Gasteiger partial charge < -0.3 is 5.32 Å². The molecule has 17 heavy (non-hydrogen) atoms. The summed E-state index contributed by atoms with van der Waals surface area (Å²) < 4.78 is 3.07. The van der Waals surface area contributed by atoms with E-state index in [4.69, 9.17) is 0 Å². The molecule has 2 nitrogen and oxygen atoms in total. The number of aryl methyl sites for hydroxylation is 1. The van der Waals surface area contributed by atoms with Crippen molar-refractivity contribution in [3.05, 3.63) is 41.6 Å². The topological polar surface area (TPSA) is 24.9 Å². The summed E-state index contributed by atoms with van der Waals surface area (Å²) in [4.78, 5) is 4.42. The van der Waals surface area contributed by atoms with Crippen LogP contribution in [-0.4, -0.2) is 4.98 Å². The molecule has 0 aliphatic rings. The number of hydrogen-bond donors (Lipinski definition) is 1. The molecular weight excluding hydrogens is 432 g/mol. The van der Waals surface area contributed by atoms with Crippen molar-refractivity contribution in [1.82, 2.24) is 4.98 Å². The molecule has 0 radical (unpaired) electrons. The number of nitrogens with one attached hydrogen (secondary N) is 1. The summed E-state index contributed by atoms with van der Waals surface area (Å²) in [5.41, 5.74) is 2.10. The first-order chi connectivity index (χ1) is 8.06. The molecule has 0 amide bonds. The van der Waals surface area contributed by atoms with E-state index in [1.807, 2.05) is 19.1 Å². The number of anilines is 1. The lowest BCUT2D eigenvalue weighted by Gasteiger charge is -2.10. The van der Waals surface area contributed by atoms with Gasteiger partial charge >= 0.3 is 0 Å². The van der Waals surface area contributed by atoms with Gasteiger partial charge in [-0.3, -0.25) is 0 Å². The molecule has 1 heterocycles. The van der Waals surface area contributed by atoms with Crippen LogP contribution in [0.5, 0.6) is 0 Å². The Balaban J connectivity index is 2.14. The van der Waals surface area contributed by atoms with Crippen molar-refractivity contribution in [2.24, 2.45) is 0 Å². The molecule has 0 saturated carbocycles. The van der Waals surface area contributed by atoms with Crippen LogP contribution in [0.4, 0.5) is 5.69 Å². The minimum Gasteiger partial charge on any atom is -0.378 e. The molecule has 0 aliphatic carbocycles. The maximum absolute atomic E-state index is 4.42. The van der Waals surface area contributed by atoms with E-state index in [1.165, 1.54) is 0 Å². The van der Waals surface area contributed by atoms with Crippen molar-refractivity contribution in [2.75, 3.05) is 5.32 Å². The second-order valence-corrected chi connectivity index (χ2v) is 7.14. The lowest BCUT2D eigenvalue weighted by molar-refractivity contribution is 1.05. The average molecular weight is 441 g/mol. The van der Waals surface area contributed by atoms with Gasteiger partial charge in [0, 0.05) is 18.8 Å². The average Bonchev–Trinajstić information content (AvgIpc) is 2.62. The molecule has 0 fully saturated rings. The van der Waals surface area contributed by atoms with Crippen LogP contribution in [0.2, 0.25) is 0 Å². The molecule has 90 valence electrons. The van der Waals surface area contributed by atoms with E-state index in [1.54, 1.807) is 11.3 Å². The lowest BCUT2D eigenvalue weighted by atomic mass is 10.3. The Hall–Kier alpha value is 0.0900. The van der Waals surface area contributed by atoms with Gasteiger partial charge in [-0.25, -0.2) is 4.98 Å². The highest BCUT2D eigenvalue weighted by Crippen LogP contribution is 2.34. The van der Waals surface area contributed by atoms with Gasteiger partial charge in [0.25, 0.3) is 0 Å². The fourth-order valence-corrected chi connectivity index (χ4v) is 4.53. The summed E-state index contributed by atoms with van der Waals surface area (Å²) in [5.74, 6) is 0. The van der Waals surface area contributed by atoms with Gasteiger partial charge in [-0.15, -0.1) is 11.3 Å². The third-order valence-corrected chi connectivity index (χ3v) is 4.65. The van der Waals surface area contributed by atoms with Gasteiger partial charge in [-0.2, -0.15) is 0 Å². The number of hydrogen-bond acceptors (Lipinski definition) is 3. The Morgan fingerprint density at radius 3 is 2.41 bits per heavy atom. The van der Waals surface area contributed by atoms with Crippen molar-refractivity contribution in [3.63, 3.8) is 0 Å². The van der Waals surface area contributed by atoms with Gasteiger partial charge in [0.2, 0.25) is 0 Å². The van der Waals surface area contributed by atoms with Crippen LogP contribution >= 0.6 is 59.1 Å². The van der Waals surface area contributed by atoms with Crippen LogP contribution in [0.25, 0.3) is 0 Å². The van der Waals surface area contributed by atoms with Crippen LogP contribution in [0.1, 0.15) is 10.7 Å². The molecule has 0 unspecified atom stereocenters. The van der Waals surface area contributed by atoms with Crippen LogP contribution in [-0.2, 0) is 6.54 Å². The van der Waals surface area contributed by atoms with Crippen molar-refractivity contribution >= 4 is 64.8 Å². The molecule has 0 saturated heterocycles. The number of thiazole rings is 1. The minimum absolute atomic E-state index is 0.725. The lowest BCUT2D eigenvalue weighted by Crippen LogP contribution is -2.01. The van der Waals surface area contributed by atoms with Crippen LogP contribution in [0.3, 0.4) is 0 Å². The molecule has 2 aromatic rings. The largest absolute Gasteiger partial charge is 0.378 e. The number of aromatic nitrogens is 1. The minimum atomic E-state index is 0.725. The Morgan fingerprint density at radius 1 is 1.24 bits per heavy atom. The highest BCUT2D eigenvalue weighted by Gasteiger charge is 2.07. The summed E-state index contributed by atoms with van der Waals surface area (Å²) in [6.07, 6.45) is 0. The summed E-state index contributed by atoms with van der Waals surface area (Å²) in [5, 5.41) is 6.53. The van der Waals surface area contributed by atoms with E-state index in [0.29, 0.717) is 0 Å². The maximum Gasteiger partial charge on any atom is 0.0898 e. The standard InChI is InChI=1S/C11H9Br3N2S/c1-6-16-8(5-17-6)4-15-11-9(13)2-7(12)3-10(11)14/h2-3,5,15H,4H2,1H3. The molecular formula is C11H9Br3N2S. The van der Waals surface area contributed by atoms with Crippen molar-refractivity contribution in [3.8, 4) is 0 Å². The molecule has 2 rings (SSSR count). The Labute approximate surface area is 129 Å². The monoisotopic (exact) mass is 438 g/mol. The van der Waals surface area contributed by atoms with E-state index in [9.17, 15) is 0 Å². The van der Waals surface area contributed by atoms with Gasteiger partial charge in [0.15, 0.2) is 0 Å². The zero-order valence-electron chi connectivity index (χ0n) is 8.93. The maximum atomic E-state index is 4.42. The van der Waals surface area contributed by atoms with Crippen molar-refractivity contribution < 1.29 is 0 Å². The smallest absolute Gasteiger partial charge is 0.0898 e. The highest BCUT2D eigenvalue weighted by atomic mass is 79.9. The number of nitrogens with zero attached hydrogens (tertiary/aromatic N) is 1. The molecule has 0 aliphatic heterocycles. The summed E-state index contributed by atoms with van der Waals surface area (Å²) in [6, 6.07) is 4.03. The normalized spacial score (nSPS) is 10.6. The molecule has 6 heteroatoms. The molecule has 0 bridgehead atoms.